The molecule has 0 aliphatic carbocycles. The zero-order valence-electron chi connectivity index (χ0n) is 20.9. The summed E-state index contributed by atoms with van der Waals surface area (Å²) in [6, 6.07) is 14.0. The molecule has 2 aromatic rings. The van der Waals surface area contributed by atoms with Crippen molar-refractivity contribution in [1.82, 2.24) is 10.6 Å². The maximum absolute atomic E-state index is 14.8. The quantitative estimate of drug-likeness (QED) is 0.296. The summed E-state index contributed by atoms with van der Waals surface area (Å²) >= 11 is 0. The molecule has 0 bridgehead atoms. The van der Waals surface area contributed by atoms with Gasteiger partial charge in [-0.25, -0.2) is 4.39 Å². The van der Waals surface area contributed by atoms with Crippen LogP contribution in [0.2, 0.25) is 0 Å². The van der Waals surface area contributed by atoms with E-state index < -0.39 is 54.4 Å². The summed E-state index contributed by atoms with van der Waals surface area (Å²) in [6.45, 7) is 7.05. The molecule has 0 spiro atoms. The Hall–Kier alpha value is -3.12. The normalized spacial score (nSPS) is 18.1. The molecule has 0 aromatic heterocycles. The number of halogens is 4. The number of amides is 2. The molecule has 1 saturated heterocycles. The summed E-state index contributed by atoms with van der Waals surface area (Å²) in [6.07, 6.45) is -7.20. The molecule has 0 saturated carbocycles. The van der Waals surface area contributed by atoms with Gasteiger partial charge in [0.15, 0.2) is 0 Å². The summed E-state index contributed by atoms with van der Waals surface area (Å²) in [4.78, 5) is 25.0. The fourth-order valence-electron chi connectivity index (χ4n) is 3.64. The van der Waals surface area contributed by atoms with Crippen molar-refractivity contribution in [3.63, 3.8) is 0 Å². The first kappa shape index (κ1) is 28.5. The van der Waals surface area contributed by atoms with Crippen molar-refractivity contribution in [3.05, 3.63) is 65.7 Å². The molecule has 200 valence electrons. The minimum atomic E-state index is -4.88. The third kappa shape index (κ3) is 7.69. The second-order valence-corrected chi connectivity index (χ2v) is 9.71. The highest BCUT2D eigenvalue weighted by Gasteiger charge is 2.54. The molecule has 2 atom stereocenters. The summed E-state index contributed by atoms with van der Waals surface area (Å²) in [5.41, 5.74) is -0.340. The van der Waals surface area contributed by atoms with E-state index in [9.17, 15) is 27.2 Å². The van der Waals surface area contributed by atoms with Gasteiger partial charge in [0.25, 0.3) is 18.0 Å². The Labute approximate surface area is 213 Å². The van der Waals surface area contributed by atoms with Gasteiger partial charge in [0.1, 0.15) is 5.75 Å². The van der Waals surface area contributed by atoms with Crippen molar-refractivity contribution < 1.29 is 41.2 Å². The molecule has 3 rings (SSSR count). The van der Waals surface area contributed by atoms with Crippen LogP contribution < -0.4 is 15.4 Å². The highest BCUT2D eigenvalue weighted by molar-refractivity contribution is 6.48. The van der Waals surface area contributed by atoms with Crippen LogP contribution in [0.4, 0.5) is 17.6 Å². The zero-order chi connectivity index (χ0) is 27.4. The van der Waals surface area contributed by atoms with Gasteiger partial charge < -0.3 is 24.7 Å². The number of carbonyl (C=O) groups is 2. The van der Waals surface area contributed by atoms with E-state index in [4.69, 9.17) is 9.31 Å². The number of nitrogens with one attached hydrogen (secondary N) is 2. The maximum Gasteiger partial charge on any atom is 0.573 e. The summed E-state index contributed by atoms with van der Waals surface area (Å²) in [5.74, 6) is -3.73. The molecule has 7 nitrogen and oxygen atoms in total. The minimum absolute atomic E-state index is 0.224. The van der Waals surface area contributed by atoms with Gasteiger partial charge in [-0.1, -0.05) is 42.5 Å². The largest absolute Gasteiger partial charge is 0.573 e. The van der Waals surface area contributed by atoms with Crippen LogP contribution in [0.1, 0.15) is 38.8 Å². The summed E-state index contributed by atoms with van der Waals surface area (Å²) in [7, 11) is -0.902. The molecule has 2 amide bonds. The first-order valence-corrected chi connectivity index (χ1v) is 11.6. The van der Waals surface area contributed by atoms with Gasteiger partial charge in [0.2, 0.25) is 0 Å². The smallest absolute Gasteiger partial charge is 0.406 e. The van der Waals surface area contributed by atoms with Gasteiger partial charge in [-0.3, -0.25) is 9.59 Å². The summed E-state index contributed by atoms with van der Waals surface area (Å²) < 4.78 is 68.0. The third-order valence-corrected chi connectivity index (χ3v) is 6.29. The second kappa shape index (κ2) is 11.1. The first-order valence-electron chi connectivity index (χ1n) is 11.6. The van der Waals surface area contributed by atoms with Gasteiger partial charge in [0, 0.05) is 6.54 Å². The number of alkyl halides is 4. The predicted molar refractivity (Wildman–Crippen MR) is 128 cm³/mol. The van der Waals surface area contributed by atoms with Gasteiger partial charge in [0.05, 0.1) is 17.1 Å². The van der Waals surface area contributed by atoms with Crippen LogP contribution in [0.15, 0.2) is 54.6 Å². The molecular weight excluding hydrogens is 495 g/mol. The minimum Gasteiger partial charge on any atom is -0.406 e. The Morgan fingerprint density at radius 3 is 2.14 bits per heavy atom. The fourth-order valence-corrected chi connectivity index (χ4v) is 3.64. The lowest BCUT2D eigenvalue weighted by atomic mass is 9.74. The maximum atomic E-state index is 14.8. The summed E-state index contributed by atoms with van der Waals surface area (Å²) in [5, 5.41) is 4.74. The predicted octanol–water partition coefficient (Wildman–Crippen LogP) is 3.90. The number of ether oxygens (including phenoxy) is 1. The van der Waals surface area contributed by atoms with Crippen molar-refractivity contribution in [3.8, 4) is 5.75 Å². The van der Waals surface area contributed by atoms with Gasteiger partial charge in [-0.05, 0) is 57.4 Å². The van der Waals surface area contributed by atoms with Crippen LogP contribution in [-0.4, -0.2) is 48.6 Å². The molecule has 2 aromatic carbocycles. The first-order chi connectivity index (χ1) is 17.2. The van der Waals surface area contributed by atoms with Crippen molar-refractivity contribution in [1.29, 1.82) is 0 Å². The van der Waals surface area contributed by atoms with Crippen LogP contribution in [0.3, 0.4) is 0 Å². The van der Waals surface area contributed by atoms with Gasteiger partial charge in [-0.2, -0.15) is 0 Å². The molecule has 12 heteroatoms. The number of benzene rings is 2. The lowest BCUT2D eigenvalue weighted by molar-refractivity contribution is -0.274. The molecule has 1 aliphatic heterocycles. The fraction of sp³-hybridized carbons (Fsp3) is 0.440. The standard InChI is InChI=1S/C25H29BF4N2O5/c1-23(2)24(3,4)37-26(36-23)19(14-16-9-6-5-7-10-16)32-22(34)20(27)21(33)31-15-17-11-8-12-18(13-17)35-25(28,29)30/h5-13,19-20H,14-15H2,1-4H3,(H,31,33)(H,32,34)/t19-,20?/m0/s1. The molecule has 1 aliphatic rings. The van der Waals surface area contributed by atoms with Crippen LogP contribution in [0, 0.1) is 0 Å². The number of rotatable bonds is 9. The van der Waals surface area contributed by atoms with E-state index in [2.05, 4.69) is 15.4 Å². The topological polar surface area (TPSA) is 85.9 Å². The van der Waals surface area contributed by atoms with E-state index >= 15 is 0 Å². The van der Waals surface area contributed by atoms with E-state index in [1.165, 1.54) is 12.1 Å². The average molecular weight is 524 g/mol. The molecule has 37 heavy (non-hydrogen) atoms. The second-order valence-electron chi connectivity index (χ2n) is 9.71. The molecule has 1 heterocycles. The molecule has 1 unspecified atom stereocenters. The monoisotopic (exact) mass is 524 g/mol. The van der Waals surface area contributed by atoms with Crippen LogP contribution >= 0.6 is 0 Å². The third-order valence-electron chi connectivity index (χ3n) is 6.29. The zero-order valence-corrected chi connectivity index (χ0v) is 20.9. The van der Waals surface area contributed by atoms with E-state index in [1.807, 2.05) is 58.0 Å². The Kier molecular flexibility index (Phi) is 8.54. The van der Waals surface area contributed by atoms with Crippen molar-refractivity contribution in [2.75, 3.05) is 0 Å². The number of hydrogen-bond acceptors (Lipinski definition) is 5. The number of carbonyl (C=O) groups excluding carboxylic acids is 2. The number of hydrogen-bond donors (Lipinski definition) is 2. The molecule has 0 radical (unpaired) electrons. The van der Waals surface area contributed by atoms with Crippen LogP contribution in [0.5, 0.6) is 5.75 Å². The van der Waals surface area contributed by atoms with Crippen LogP contribution in [0.25, 0.3) is 0 Å². The average Bonchev–Trinajstić information content (AvgIpc) is 3.03. The SMILES string of the molecule is CC1(C)OB([C@H](Cc2ccccc2)NC(=O)C(F)C(=O)NCc2cccc(OC(F)(F)F)c2)OC1(C)C. The van der Waals surface area contributed by atoms with E-state index in [0.717, 1.165) is 17.7 Å². The molecular formula is C25H29BF4N2O5. The van der Waals surface area contributed by atoms with Crippen molar-refractivity contribution >= 4 is 18.9 Å². The Morgan fingerprint density at radius 1 is 0.946 bits per heavy atom. The Balaban J connectivity index is 1.65. The van der Waals surface area contributed by atoms with Crippen molar-refractivity contribution in [2.45, 2.75) is 70.3 Å². The van der Waals surface area contributed by atoms with Crippen molar-refractivity contribution in [2.24, 2.45) is 0 Å². The van der Waals surface area contributed by atoms with Gasteiger partial charge >= 0.3 is 13.5 Å². The lowest BCUT2D eigenvalue weighted by Crippen LogP contribution is -2.53. The highest BCUT2D eigenvalue weighted by atomic mass is 19.4. The van der Waals surface area contributed by atoms with Gasteiger partial charge in [-0.15, -0.1) is 13.2 Å². The Morgan fingerprint density at radius 2 is 1.54 bits per heavy atom. The van der Waals surface area contributed by atoms with E-state index in [-0.39, 0.29) is 18.5 Å². The van der Waals surface area contributed by atoms with E-state index in [1.54, 1.807) is 0 Å². The van der Waals surface area contributed by atoms with Crippen LogP contribution in [-0.2, 0) is 31.9 Å². The molecule has 2 N–H and O–H groups in total. The van der Waals surface area contributed by atoms with E-state index in [0.29, 0.717) is 0 Å². The molecule has 1 fully saturated rings. The highest BCUT2D eigenvalue weighted by Crippen LogP contribution is 2.38. The lowest BCUT2D eigenvalue weighted by Gasteiger charge is -2.32. The Bertz CT molecular complexity index is 1080.